The van der Waals surface area contributed by atoms with Crippen molar-refractivity contribution in [2.24, 2.45) is 5.92 Å². The van der Waals surface area contributed by atoms with Gasteiger partial charge in [0, 0.05) is 0 Å². The number of hydrogen-bond donors (Lipinski definition) is 2. The molecule has 2 aromatic rings. The molecule has 0 aliphatic carbocycles. The first-order valence-electron chi connectivity index (χ1n) is 7.74. The molecule has 0 bridgehead atoms. The molecule has 0 unspecified atom stereocenters. The van der Waals surface area contributed by atoms with Crippen LogP contribution >= 0.6 is 0 Å². The van der Waals surface area contributed by atoms with Gasteiger partial charge in [-0.25, -0.2) is 0 Å². The molecule has 0 radical (unpaired) electrons. The van der Waals surface area contributed by atoms with Gasteiger partial charge in [-0.15, -0.1) is 0 Å². The number of aromatic hydroxyl groups is 2. The van der Waals surface area contributed by atoms with Gasteiger partial charge in [-0.3, -0.25) is 0 Å². The Labute approximate surface area is 137 Å². The van der Waals surface area contributed by atoms with Crippen LogP contribution in [0.4, 0.5) is 0 Å². The van der Waals surface area contributed by atoms with E-state index >= 15 is 0 Å². The van der Waals surface area contributed by atoms with Gasteiger partial charge in [-0.1, -0.05) is 30.7 Å². The topological polar surface area (TPSA) is 49.7 Å². The molecule has 0 aliphatic rings. The first-order chi connectivity index (χ1) is 10.9. The van der Waals surface area contributed by atoms with Gasteiger partial charge >= 0.3 is 0 Å². The SMILES string of the molecule is COc1cc(C[C@@H](C)/C(C)=C\c2ccc(O)c(C)c2)ccc1O. The second-order valence-corrected chi connectivity index (χ2v) is 6.05. The molecule has 3 nitrogen and oxygen atoms in total. The average molecular weight is 312 g/mol. The maximum absolute atomic E-state index is 9.66. The molecule has 2 rings (SSSR count). The molecule has 0 fully saturated rings. The number of phenols is 2. The second-order valence-electron chi connectivity index (χ2n) is 6.05. The summed E-state index contributed by atoms with van der Waals surface area (Å²) in [7, 11) is 1.56. The van der Waals surface area contributed by atoms with Crippen LogP contribution in [0, 0.1) is 12.8 Å². The molecule has 0 spiro atoms. The summed E-state index contributed by atoms with van der Waals surface area (Å²) in [5, 5.41) is 19.3. The van der Waals surface area contributed by atoms with Gasteiger partial charge in [0.1, 0.15) is 5.75 Å². The van der Waals surface area contributed by atoms with Crippen LogP contribution in [0.25, 0.3) is 6.08 Å². The van der Waals surface area contributed by atoms with Crippen molar-refractivity contribution in [1.29, 1.82) is 0 Å². The van der Waals surface area contributed by atoms with Gasteiger partial charge in [0.05, 0.1) is 7.11 Å². The number of aryl methyl sites for hydroxylation is 1. The third kappa shape index (κ3) is 4.28. The highest BCUT2D eigenvalue weighted by Crippen LogP contribution is 2.29. The fourth-order valence-electron chi connectivity index (χ4n) is 2.54. The predicted octanol–water partition coefficient (Wildman–Crippen LogP) is 4.70. The van der Waals surface area contributed by atoms with Gasteiger partial charge in [-0.2, -0.15) is 0 Å². The van der Waals surface area contributed by atoms with Crippen LogP contribution < -0.4 is 4.74 Å². The lowest BCUT2D eigenvalue weighted by Gasteiger charge is -2.14. The van der Waals surface area contributed by atoms with E-state index in [4.69, 9.17) is 4.74 Å². The molecular formula is C20H24O3. The van der Waals surface area contributed by atoms with E-state index < -0.39 is 0 Å². The Hall–Kier alpha value is -2.42. The zero-order chi connectivity index (χ0) is 17.0. The third-order valence-electron chi connectivity index (χ3n) is 4.18. The monoisotopic (exact) mass is 312 g/mol. The minimum Gasteiger partial charge on any atom is -0.508 e. The molecule has 0 aromatic heterocycles. The van der Waals surface area contributed by atoms with Crippen molar-refractivity contribution in [1.82, 2.24) is 0 Å². The Balaban J connectivity index is 2.14. The molecular weight excluding hydrogens is 288 g/mol. The van der Waals surface area contributed by atoms with Crippen molar-refractivity contribution in [3.8, 4) is 17.2 Å². The standard InChI is InChI=1S/C20H24O3/c1-13(9-16-5-7-18(21)15(3)11-16)14(2)10-17-6-8-19(22)20(12-17)23-4/h5-9,11-12,14,21-22H,10H2,1-4H3/b13-9-/t14-/m1/s1. The molecule has 1 atom stereocenters. The largest absolute Gasteiger partial charge is 0.508 e. The van der Waals surface area contributed by atoms with Gasteiger partial charge in [0.2, 0.25) is 0 Å². The number of allylic oxidation sites excluding steroid dienone is 1. The number of hydrogen-bond acceptors (Lipinski definition) is 3. The summed E-state index contributed by atoms with van der Waals surface area (Å²) in [4.78, 5) is 0. The van der Waals surface area contributed by atoms with E-state index in [1.54, 1.807) is 19.2 Å². The fourth-order valence-corrected chi connectivity index (χ4v) is 2.54. The average Bonchev–Trinajstić information content (AvgIpc) is 2.52. The Morgan fingerprint density at radius 1 is 1.13 bits per heavy atom. The Kier molecular flexibility index (Phi) is 5.32. The van der Waals surface area contributed by atoms with Crippen molar-refractivity contribution in [2.75, 3.05) is 7.11 Å². The van der Waals surface area contributed by atoms with Crippen molar-refractivity contribution in [3.05, 3.63) is 58.7 Å². The maximum Gasteiger partial charge on any atom is 0.160 e. The van der Waals surface area contributed by atoms with Crippen LogP contribution in [0.2, 0.25) is 0 Å². The smallest absolute Gasteiger partial charge is 0.160 e. The molecule has 2 N–H and O–H groups in total. The molecule has 0 saturated heterocycles. The maximum atomic E-state index is 9.66. The molecule has 0 saturated carbocycles. The lowest BCUT2D eigenvalue weighted by atomic mass is 9.92. The summed E-state index contributed by atoms with van der Waals surface area (Å²) >= 11 is 0. The van der Waals surface area contributed by atoms with Gasteiger partial charge in [0.15, 0.2) is 11.5 Å². The molecule has 0 aliphatic heterocycles. The highest BCUT2D eigenvalue weighted by atomic mass is 16.5. The zero-order valence-corrected chi connectivity index (χ0v) is 14.1. The number of benzene rings is 2. The summed E-state index contributed by atoms with van der Waals surface area (Å²) < 4.78 is 5.16. The van der Waals surface area contributed by atoms with Crippen molar-refractivity contribution >= 4 is 6.08 Å². The number of methoxy groups -OCH3 is 1. The van der Waals surface area contributed by atoms with E-state index in [-0.39, 0.29) is 5.75 Å². The lowest BCUT2D eigenvalue weighted by molar-refractivity contribution is 0.372. The second kappa shape index (κ2) is 7.23. The van der Waals surface area contributed by atoms with Crippen LogP contribution in [0.15, 0.2) is 42.0 Å². The minimum absolute atomic E-state index is 0.163. The molecule has 23 heavy (non-hydrogen) atoms. The van der Waals surface area contributed by atoms with E-state index in [1.165, 1.54) is 5.57 Å². The molecule has 122 valence electrons. The van der Waals surface area contributed by atoms with Gasteiger partial charge in [0.25, 0.3) is 0 Å². The lowest BCUT2D eigenvalue weighted by Crippen LogP contribution is -2.01. The summed E-state index contributed by atoms with van der Waals surface area (Å²) in [5.41, 5.74) is 4.36. The van der Waals surface area contributed by atoms with Crippen molar-refractivity contribution in [3.63, 3.8) is 0 Å². The van der Waals surface area contributed by atoms with E-state index in [1.807, 2.05) is 31.2 Å². The summed E-state index contributed by atoms with van der Waals surface area (Å²) in [6.45, 7) is 6.19. The molecule has 3 heteroatoms. The quantitative estimate of drug-likeness (QED) is 0.841. The van der Waals surface area contributed by atoms with E-state index in [0.717, 1.165) is 23.1 Å². The van der Waals surface area contributed by atoms with Gasteiger partial charge in [-0.05, 0) is 67.1 Å². The van der Waals surface area contributed by atoms with Crippen molar-refractivity contribution in [2.45, 2.75) is 27.2 Å². The van der Waals surface area contributed by atoms with Crippen LogP contribution in [0.1, 0.15) is 30.5 Å². The van der Waals surface area contributed by atoms with Crippen LogP contribution in [0.3, 0.4) is 0 Å². The van der Waals surface area contributed by atoms with E-state index in [0.29, 0.717) is 17.4 Å². The summed E-state index contributed by atoms with van der Waals surface area (Å²) in [6.07, 6.45) is 3.02. The minimum atomic E-state index is 0.163. The molecule has 0 heterocycles. The zero-order valence-electron chi connectivity index (χ0n) is 14.1. The normalized spacial score (nSPS) is 13.0. The number of rotatable bonds is 5. The van der Waals surface area contributed by atoms with E-state index in [2.05, 4.69) is 19.9 Å². The first-order valence-corrected chi connectivity index (χ1v) is 7.74. The Morgan fingerprint density at radius 3 is 2.48 bits per heavy atom. The molecule has 0 amide bonds. The highest BCUT2D eigenvalue weighted by molar-refractivity contribution is 5.56. The van der Waals surface area contributed by atoms with Crippen LogP contribution in [-0.4, -0.2) is 17.3 Å². The summed E-state index contributed by atoms with van der Waals surface area (Å²) in [6, 6.07) is 11.1. The fraction of sp³-hybridized carbons (Fsp3) is 0.300. The predicted molar refractivity (Wildman–Crippen MR) is 94.0 cm³/mol. The number of phenolic OH excluding ortho intramolecular Hbond substituents is 2. The Bertz CT molecular complexity index is 717. The summed E-state index contributed by atoms with van der Waals surface area (Å²) in [5.74, 6) is 1.35. The molecule has 2 aromatic carbocycles. The first kappa shape index (κ1) is 16.9. The van der Waals surface area contributed by atoms with Crippen molar-refractivity contribution < 1.29 is 14.9 Å². The van der Waals surface area contributed by atoms with E-state index in [9.17, 15) is 10.2 Å². The Morgan fingerprint density at radius 2 is 1.83 bits per heavy atom. The highest BCUT2D eigenvalue weighted by Gasteiger charge is 2.09. The van der Waals surface area contributed by atoms with Gasteiger partial charge < -0.3 is 14.9 Å². The van der Waals surface area contributed by atoms with Crippen LogP contribution in [-0.2, 0) is 6.42 Å². The third-order valence-corrected chi connectivity index (χ3v) is 4.18. The number of ether oxygens (including phenoxy) is 1. The van der Waals surface area contributed by atoms with Crippen LogP contribution in [0.5, 0.6) is 17.2 Å².